The topological polar surface area (TPSA) is 32.3 Å². The van der Waals surface area contributed by atoms with E-state index in [9.17, 15) is 4.79 Å². The van der Waals surface area contributed by atoms with Crippen LogP contribution in [-0.4, -0.2) is 26.5 Å². The van der Waals surface area contributed by atoms with E-state index in [4.69, 9.17) is 0 Å². The van der Waals surface area contributed by atoms with Crippen LogP contribution in [0.15, 0.2) is 41.8 Å². The Labute approximate surface area is 123 Å². The molecule has 0 unspecified atom stereocenters. The summed E-state index contributed by atoms with van der Waals surface area (Å²) in [6.07, 6.45) is 0. The minimum absolute atomic E-state index is 0.0739. The van der Waals surface area contributed by atoms with Crippen molar-refractivity contribution in [2.45, 2.75) is 0 Å². The molecule has 0 saturated heterocycles. The van der Waals surface area contributed by atoms with Gasteiger partial charge in [0.1, 0.15) is 0 Å². The fraction of sp³-hybridized carbons (Fsp3) is 0.188. The number of hydrogen-bond acceptors (Lipinski definition) is 3. The second kappa shape index (κ2) is 6.78. The molecule has 0 radical (unpaired) electrons. The summed E-state index contributed by atoms with van der Waals surface area (Å²) in [6, 6.07) is 11.6. The lowest BCUT2D eigenvalue weighted by Gasteiger charge is -2.13. The van der Waals surface area contributed by atoms with E-state index in [-0.39, 0.29) is 5.91 Å². The fourth-order valence-corrected chi connectivity index (χ4v) is 2.37. The van der Waals surface area contributed by atoms with E-state index in [1.165, 1.54) is 11.3 Å². The molecule has 3 nitrogen and oxygen atoms in total. The predicted octanol–water partition coefficient (Wildman–Crippen LogP) is 2.60. The standard InChI is InChI=1S/C16H16N2OS/c1-18(2)14-9-4-3-7-13(14)8-5-11-17-16(19)15-10-6-12-20-15/h3-4,6-7,9-10,12H,11H2,1-2H3,(H,17,19). The molecule has 2 rings (SSSR count). The second-order valence-corrected chi connectivity index (χ2v) is 5.32. The molecule has 1 aromatic carbocycles. The zero-order valence-electron chi connectivity index (χ0n) is 11.5. The molecular formula is C16H16N2OS. The molecule has 4 heteroatoms. The maximum Gasteiger partial charge on any atom is 0.262 e. The van der Waals surface area contributed by atoms with Crippen molar-refractivity contribution in [3.63, 3.8) is 0 Å². The quantitative estimate of drug-likeness (QED) is 0.879. The fourth-order valence-electron chi connectivity index (χ4n) is 1.73. The average molecular weight is 284 g/mol. The summed E-state index contributed by atoms with van der Waals surface area (Å²) in [5, 5.41) is 4.67. The zero-order valence-corrected chi connectivity index (χ0v) is 12.3. The summed E-state index contributed by atoms with van der Waals surface area (Å²) in [7, 11) is 3.97. The van der Waals surface area contributed by atoms with E-state index in [0.717, 1.165) is 11.3 Å². The van der Waals surface area contributed by atoms with Gasteiger partial charge in [-0.1, -0.05) is 30.0 Å². The van der Waals surface area contributed by atoms with Crippen molar-refractivity contribution in [1.29, 1.82) is 0 Å². The van der Waals surface area contributed by atoms with Gasteiger partial charge in [0, 0.05) is 19.7 Å². The highest BCUT2D eigenvalue weighted by atomic mass is 32.1. The van der Waals surface area contributed by atoms with Gasteiger partial charge >= 0.3 is 0 Å². The third-order valence-corrected chi connectivity index (χ3v) is 3.56. The predicted molar refractivity (Wildman–Crippen MR) is 84.3 cm³/mol. The first-order valence-electron chi connectivity index (χ1n) is 6.25. The number of carbonyl (C=O) groups is 1. The van der Waals surface area contributed by atoms with Crippen molar-refractivity contribution >= 4 is 22.9 Å². The number of carbonyl (C=O) groups excluding carboxylic acids is 1. The van der Waals surface area contributed by atoms with Crippen LogP contribution < -0.4 is 10.2 Å². The summed E-state index contributed by atoms with van der Waals surface area (Å²) in [6.45, 7) is 0.346. The molecule has 1 N–H and O–H groups in total. The van der Waals surface area contributed by atoms with Gasteiger partial charge in [0.05, 0.1) is 17.1 Å². The molecular weight excluding hydrogens is 268 g/mol. The Morgan fingerprint density at radius 1 is 1.25 bits per heavy atom. The zero-order chi connectivity index (χ0) is 14.4. The maximum atomic E-state index is 11.7. The molecule has 0 aliphatic rings. The smallest absolute Gasteiger partial charge is 0.262 e. The SMILES string of the molecule is CN(C)c1ccccc1C#CCNC(=O)c1cccs1. The van der Waals surface area contributed by atoms with E-state index in [1.807, 2.05) is 54.7 Å². The van der Waals surface area contributed by atoms with Gasteiger partial charge in [-0.05, 0) is 23.6 Å². The van der Waals surface area contributed by atoms with Crippen molar-refractivity contribution in [2.24, 2.45) is 0 Å². The molecule has 2 aromatic rings. The molecule has 0 spiro atoms. The number of para-hydroxylation sites is 1. The first-order chi connectivity index (χ1) is 9.68. The van der Waals surface area contributed by atoms with Crippen LogP contribution in [0.2, 0.25) is 0 Å². The molecule has 1 heterocycles. The monoisotopic (exact) mass is 284 g/mol. The Kier molecular flexibility index (Phi) is 4.80. The molecule has 1 amide bonds. The number of hydrogen-bond donors (Lipinski definition) is 1. The molecule has 0 fully saturated rings. The van der Waals surface area contributed by atoms with Crippen LogP contribution in [-0.2, 0) is 0 Å². The molecule has 0 aliphatic heterocycles. The van der Waals surface area contributed by atoms with E-state index < -0.39 is 0 Å². The molecule has 0 atom stereocenters. The number of anilines is 1. The first-order valence-corrected chi connectivity index (χ1v) is 7.13. The van der Waals surface area contributed by atoms with Gasteiger partial charge < -0.3 is 10.2 Å². The van der Waals surface area contributed by atoms with E-state index >= 15 is 0 Å². The summed E-state index contributed by atoms with van der Waals surface area (Å²) < 4.78 is 0. The van der Waals surface area contributed by atoms with Crippen molar-refractivity contribution in [1.82, 2.24) is 5.32 Å². The third-order valence-electron chi connectivity index (χ3n) is 2.69. The van der Waals surface area contributed by atoms with Gasteiger partial charge in [-0.3, -0.25) is 4.79 Å². The number of nitrogens with one attached hydrogen (secondary N) is 1. The molecule has 102 valence electrons. The van der Waals surface area contributed by atoms with Crippen LogP contribution in [0.5, 0.6) is 0 Å². The summed E-state index contributed by atoms with van der Waals surface area (Å²) >= 11 is 1.42. The Morgan fingerprint density at radius 2 is 2.05 bits per heavy atom. The van der Waals surface area contributed by atoms with Crippen LogP contribution in [0.4, 0.5) is 5.69 Å². The Bertz CT molecular complexity index is 636. The van der Waals surface area contributed by atoms with Crippen molar-refractivity contribution in [3.8, 4) is 11.8 Å². The van der Waals surface area contributed by atoms with E-state index in [0.29, 0.717) is 11.4 Å². The summed E-state index contributed by atoms with van der Waals surface area (Å²) in [4.78, 5) is 14.4. The van der Waals surface area contributed by atoms with Crippen LogP contribution in [0.3, 0.4) is 0 Å². The van der Waals surface area contributed by atoms with Crippen molar-refractivity contribution in [3.05, 3.63) is 52.2 Å². The molecule has 0 aliphatic carbocycles. The number of amides is 1. The third kappa shape index (κ3) is 3.62. The van der Waals surface area contributed by atoms with Crippen LogP contribution in [0, 0.1) is 11.8 Å². The van der Waals surface area contributed by atoms with Crippen LogP contribution in [0.1, 0.15) is 15.2 Å². The number of rotatable bonds is 3. The Hall–Kier alpha value is -2.25. The van der Waals surface area contributed by atoms with Gasteiger partial charge in [-0.25, -0.2) is 0 Å². The number of nitrogens with zero attached hydrogens (tertiary/aromatic N) is 1. The number of benzene rings is 1. The lowest BCUT2D eigenvalue weighted by atomic mass is 10.1. The Balaban J connectivity index is 1.97. The van der Waals surface area contributed by atoms with Crippen molar-refractivity contribution in [2.75, 3.05) is 25.5 Å². The molecule has 1 aromatic heterocycles. The molecule has 20 heavy (non-hydrogen) atoms. The van der Waals surface area contributed by atoms with Gasteiger partial charge in [0.15, 0.2) is 0 Å². The highest BCUT2D eigenvalue weighted by Gasteiger charge is 2.03. The van der Waals surface area contributed by atoms with Crippen LogP contribution in [0.25, 0.3) is 0 Å². The highest BCUT2D eigenvalue weighted by molar-refractivity contribution is 7.12. The van der Waals surface area contributed by atoms with E-state index in [2.05, 4.69) is 17.2 Å². The lowest BCUT2D eigenvalue weighted by molar-refractivity contribution is 0.0962. The minimum atomic E-state index is -0.0739. The van der Waals surface area contributed by atoms with E-state index in [1.54, 1.807) is 6.07 Å². The second-order valence-electron chi connectivity index (χ2n) is 4.37. The summed E-state index contributed by atoms with van der Waals surface area (Å²) in [5.41, 5.74) is 2.03. The minimum Gasteiger partial charge on any atom is -0.377 e. The number of thiophene rings is 1. The van der Waals surface area contributed by atoms with Gasteiger partial charge in [-0.15, -0.1) is 11.3 Å². The summed E-state index contributed by atoms with van der Waals surface area (Å²) in [5.74, 6) is 6.00. The largest absolute Gasteiger partial charge is 0.377 e. The highest BCUT2D eigenvalue weighted by Crippen LogP contribution is 2.16. The van der Waals surface area contributed by atoms with Crippen molar-refractivity contribution < 1.29 is 4.79 Å². The van der Waals surface area contributed by atoms with Crippen LogP contribution >= 0.6 is 11.3 Å². The first kappa shape index (κ1) is 14.2. The van der Waals surface area contributed by atoms with Gasteiger partial charge in [0.25, 0.3) is 5.91 Å². The molecule has 0 saturated carbocycles. The maximum absolute atomic E-state index is 11.7. The average Bonchev–Trinajstić information content (AvgIpc) is 2.98. The Morgan fingerprint density at radius 3 is 2.75 bits per heavy atom. The normalized spacial score (nSPS) is 9.50. The lowest BCUT2D eigenvalue weighted by Crippen LogP contribution is -2.22. The van der Waals surface area contributed by atoms with Gasteiger partial charge in [0.2, 0.25) is 0 Å². The molecule has 0 bridgehead atoms. The van der Waals surface area contributed by atoms with Gasteiger partial charge in [-0.2, -0.15) is 0 Å².